The SMILES string of the molecule is Cc1ccc(C(=O)CCc2nc(C)c(C)s2)c(C)c1. The second-order valence-electron chi connectivity index (χ2n) is 4.99. The topological polar surface area (TPSA) is 30.0 Å². The molecule has 100 valence electrons. The number of carbonyl (C=O) groups is 1. The van der Waals surface area contributed by atoms with Gasteiger partial charge in [0.2, 0.25) is 0 Å². The third kappa shape index (κ3) is 3.29. The van der Waals surface area contributed by atoms with E-state index in [0.717, 1.165) is 28.2 Å². The molecule has 2 rings (SSSR count). The lowest BCUT2D eigenvalue weighted by Crippen LogP contribution is -2.03. The van der Waals surface area contributed by atoms with E-state index in [1.807, 2.05) is 32.9 Å². The van der Waals surface area contributed by atoms with Gasteiger partial charge in [0.15, 0.2) is 5.78 Å². The van der Waals surface area contributed by atoms with Gasteiger partial charge in [0.25, 0.3) is 0 Å². The molecule has 0 atom stereocenters. The van der Waals surface area contributed by atoms with Crippen LogP contribution in [0.25, 0.3) is 0 Å². The highest BCUT2D eigenvalue weighted by Gasteiger charge is 2.11. The first kappa shape index (κ1) is 13.9. The second-order valence-corrected chi connectivity index (χ2v) is 6.28. The van der Waals surface area contributed by atoms with Gasteiger partial charge < -0.3 is 0 Å². The molecule has 0 aliphatic heterocycles. The molecule has 0 saturated heterocycles. The van der Waals surface area contributed by atoms with Gasteiger partial charge in [0.1, 0.15) is 0 Å². The van der Waals surface area contributed by atoms with E-state index in [0.29, 0.717) is 6.42 Å². The van der Waals surface area contributed by atoms with Crippen LogP contribution in [0.3, 0.4) is 0 Å². The van der Waals surface area contributed by atoms with Crippen molar-refractivity contribution in [1.82, 2.24) is 4.98 Å². The lowest BCUT2D eigenvalue weighted by molar-refractivity contribution is 0.0982. The highest BCUT2D eigenvalue weighted by atomic mass is 32.1. The molecule has 0 radical (unpaired) electrons. The van der Waals surface area contributed by atoms with Crippen LogP contribution in [-0.4, -0.2) is 10.8 Å². The standard InChI is InChI=1S/C16H19NOS/c1-10-5-6-14(11(2)9-10)15(18)7-8-16-17-12(3)13(4)19-16/h5-6,9H,7-8H2,1-4H3. The summed E-state index contributed by atoms with van der Waals surface area (Å²) in [6.07, 6.45) is 1.28. The molecule has 3 heteroatoms. The minimum Gasteiger partial charge on any atom is -0.294 e. The maximum Gasteiger partial charge on any atom is 0.163 e. The van der Waals surface area contributed by atoms with Crippen molar-refractivity contribution in [2.24, 2.45) is 0 Å². The number of hydrogen-bond acceptors (Lipinski definition) is 3. The van der Waals surface area contributed by atoms with E-state index in [1.54, 1.807) is 11.3 Å². The van der Waals surface area contributed by atoms with Gasteiger partial charge in [-0.2, -0.15) is 0 Å². The molecular formula is C16H19NOS. The van der Waals surface area contributed by atoms with Crippen LogP contribution in [0.15, 0.2) is 18.2 Å². The molecule has 0 aliphatic rings. The van der Waals surface area contributed by atoms with Crippen LogP contribution in [0, 0.1) is 27.7 Å². The summed E-state index contributed by atoms with van der Waals surface area (Å²) in [5.74, 6) is 0.211. The largest absolute Gasteiger partial charge is 0.294 e. The lowest BCUT2D eigenvalue weighted by atomic mass is 10.00. The maximum atomic E-state index is 12.2. The first-order valence-electron chi connectivity index (χ1n) is 6.50. The first-order chi connectivity index (χ1) is 8.97. The Morgan fingerprint density at radius 2 is 1.95 bits per heavy atom. The predicted molar refractivity (Wildman–Crippen MR) is 80.2 cm³/mol. The zero-order chi connectivity index (χ0) is 14.0. The number of Topliss-reactive ketones (excluding diaryl/α,β-unsaturated/α-hetero) is 1. The highest BCUT2D eigenvalue weighted by molar-refractivity contribution is 7.11. The van der Waals surface area contributed by atoms with Crippen molar-refractivity contribution < 1.29 is 4.79 Å². The average molecular weight is 273 g/mol. The number of nitrogens with zero attached hydrogens (tertiary/aromatic N) is 1. The third-order valence-electron chi connectivity index (χ3n) is 3.32. The Kier molecular flexibility index (Phi) is 4.15. The maximum absolute atomic E-state index is 12.2. The Labute approximate surface area is 118 Å². The van der Waals surface area contributed by atoms with Gasteiger partial charge in [-0.3, -0.25) is 4.79 Å². The summed E-state index contributed by atoms with van der Waals surface area (Å²) in [5, 5.41) is 1.06. The molecule has 0 saturated carbocycles. The number of hydrogen-bond donors (Lipinski definition) is 0. The molecule has 0 N–H and O–H groups in total. The van der Waals surface area contributed by atoms with Crippen molar-refractivity contribution >= 4 is 17.1 Å². The van der Waals surface area contributed by atoms with E-state index in [2.05, 4.69) is 18.0 Å². The molecule has 0 fully saturated rings. The van der Waals surface area contributed by atoms with Crippen molar-refractivity contribution in [2.75, 3.05) is 0 Å². The molecule has 0 aliphatic carbocycles. The first-order valence-corrected chi connectivity index (χ1v) is 7.32. The quantitative estimate of drug-likeness (QED) is 0.782. The van der Waals surface area contributed by atoms with Gasteiger partial charge in [-0.15, -0.1) is 11.3 Å². The monoisotopic (exact) mass is 273 g/mol. The fourth-order valence-corrected chi connectivity index (χ4v) is 3.06. The molecule has 2 aromatic rings. The fourth-order valence-electron chi connectivity index (χ4n) is 2.13. The summed E-state index contributed by atoms with van der Waals surface area (Å²) >= 11 is 1.69. The highest BCUT2D eigenvalue weighted by Crippen LogP contribution is 2.19. The minimum absolute atomic E-state index is 0.211. The summed E-state index contributed by atoms with van der Waals surface area (Å²) in [6.45, 7) is 8.13. The Morgan fingerprint density at radius 1 is 1.21 bits per heavy atom. The molecule has 1 heterocycles. The van der Waals surface area contributed by atoms with E-state index in [9.17, 15) is 4.79 Å². The van der Waals surface area contributed by atoms with E-state index in [-0.39, 0.29) is 5.78 Å². The summed E-state index contributed by atoms with van der Waals surface area (Å²) in [5.41, 5.74) is 4.19. The van der Waals surface area contributed by atoms with Crippen LogP contribution >= 0.6 is 11.3 Å². The van der Waals surface area contributed by atoms with Gasteiger partial charge in [-0.25, -0.2) is 4.98 Å². The number of ketones is 1. The summed E-state index contributed by atoms with van der Waals surface area (Å²) < 4.78 is 0. The van der Waals surface area contributed by atoms with Gasteiger partial charge in [0, 0.05) is 23.3 Å². The predicted octanol–water partition coefficient (Wildman–Crippen LogP) is 4.19. The Balaban J connectivity index is 2.05. The number of benzene rings is 1. The van der Waals surface area contributed by atoms with E-state index < -0.39 is 0 Å². The van der Waals surface area contributed by atoms with E-state index >= 15 is 0 Å². The Hall–Kier alpha value is -1.48. The lowest BCUT2D eigenvalue weighted by Gasteiger charge is -2.05. The van der Waals surface area contributed by atoms with Crippen LogP contribution in [0.4, 0.5) is 0 Å². The van der Waals surface area contributed by atoms with Gasteiger partial charge >= 0.3 is 0 Å². The zero-order valence-electron chi connectivity index (χ0n) is 11.9. The van der Waals surface area contributed by atoms with Crippen LogP contribution in [0.2, 0.25) is 0 Å². The second kappa shape index (κ2) is 5.66. The molecule has 19 heavy (non-hydrogen) atoms. The van der Waals surface area contributed by atoms with Gasteiger partial charge in [-0.05, 0) is 33.3 Å². The summed E-state index contributed by atoms with van der Waals surface area (Å²) in [7, 11) is 0. The summed E-state index contributed by atoms with van der Waals surface area (Å²) in [4.78, 5) is 17.9. The number of carbonyl (C=O) groups excluding carboxylic acids is 1. The smallest absolute Gasteiger partial charge is 0.163 e. The van der Waals surface area contributed by atoms with Crippen LogP contribution < -0.4 is 0 Å². The molecule has 0 spiro atoms. The van der Waals surface area contributed by atoms with Crippen molar-refractivity contribution in [3.05, 3.63) is 50.5 Å². The molecule has 1 aromatic carbocycles. The van der Waals surface area contributed by atoms with Gasteiger partial charge in [-0.1, -0.05) is 23.8 Å². The molecule has 0 bridgehead atoms. The number of aromatic nitrogens is 1. The van der Waals surface area contributed by atoms with Crippen molar-refractivity contribution in [2.45, 2.75) is 40.5 Å². The number of rotatable bonds is 4. The number of thiazole rings is 1. The van der Waals surface area contributed by atoms with Crippen molar-refractivity contribution in [3.8, 4) is 0 Å². The Bertz CT molecular complexity index is 594. The molecule has 0 amide bonds. The van der Waals surface area contributed by atoms with E-state index in [4.69, 9.17) is 0 Å². The average Bonchev–Trinajstić information content (AvgIpc) is 2.66. The zero-order valence-corrected chi connectivity index (χ0v) is 12.7. The number of aryl methyl sites for hydroxylation is 5. The third-order valence-corrected chi connectivity index (χ3v) is 4.45. The van der Waals surface area contributed by atoms with Gasteiger partial charge in [0.05, 0.1) is 10.7 Å². The normalized spacial score (nSPS) is 10.7. The van der Waals surface area contributed by atoms with Crippen LogP contribution in [-0.2, 0) is 6.42 Å². The molecule has 0 unspecified atom stereocenters. The molecule has 1 aromatic heterocycles. The van der Waals surface area contributed by atoms with Crippen LogP contribution in [0.1, 0.15) is 43.5 Å². The minimum atomic E-state index is 0.211. The van der Waals surface area contributed by atoms with Crippen molar-refractivity contribution in [1.29, 1.82) is 0 Å². The van der Waals surface area contributed by atoms with Crippen molar-refractivity contribution in [3.63, 3.8) is 0 Å². The summed E-state index contributed by atoms with van der Waals surface area (Å²) in [6, 6.07) is 5.99. The Morgan fingerprint density at radius 3 is 2.53 bits per heavy atom. The fraction of sp³-hybridized carbons (Fsp3) is 0.375. The molecule has 2 nitrogen and oxygen atoms in total. The van der Waals surface area contributed by atoms with Crippen LogP contribution in [0.5, 0.6) is 0 Å². The van der Waals surface area contributed by atoms with E-state index in [1.165, 1.54) is 10.4 Å². The molecular weight excluding hydrogens is 254 g/mol.